The highest BCUT2D eigenvalue weighted by molar-refractivity contribution is 5.44. The summed E-state index contributed by atoms with van der Waals surface area (Å²) in [6, 6.07) is 7.35. The first-order valence-corrected chi connectivity index (χ1v) is 6.62. The fourth-order valence-corrected chi connectivity index (χ4v) is 1.93. The van der Waals surface area contributed by atoms with E-state index in [1.807, 2.05) is 32.3 Å². The zero-order valence-electron chi connectivity index (χ0n) is 12.6. The zero-order valence-corrected chi connectivity index (χ0v) is 12.6. The molecule has 0 radical (unpaired) electrons. The Morgan fingerprint density at radius 2 is 2.05 bits per heavy atom. The minimum absolute atomic E-state index is 0.401. The number of rotatable bonds is 8. The van der Waals surface area contributed by atoms with E-state index in [0.29, 0.717) is 5.75 Å². The van der Waals surface area contributed by atoms with Crippen LogP contribution in [0.1, 0.15) is 18.0 Å². The first-order chi connectivity index (χ1) is 9.62. The smallest absolute Gasteiger partial charge is 0.125 e. The summed E-state index contributed by atoms with van der Waals surface area (Å²) < 4.78 is 10.5. The van der Waals surface area contributed by atoms with Gasteiger partial charge in [0.05, 0.1) is 20.3 Å². The van der Waals surface area contributed by atoms with Gasteiger partial charge in [-0.3, -0.25) is 5.32 Å². The van der Waals surface area contributed by atoms with Crippen LogP contribution in [0.3, 0.4) is 0 Å². The third kappa shape index (κ3) is 4.72. The molecule has 0 aliphatic carbocycles. The molecule has 1 N–H and O–H groups in total. The standard InChI is InChI=1S/C15H23N3O2/c1-18(2)9-5-8-17-14(11-16)13-10-12(19-3)6-7-15(13)20-4/h6-7,10,14,17H,5,8-9H2,1-4H3. The Balaban J connectivity index is 2.75. The van der Waals surface area contributed by atoms with Gasteiger partial charge in [-0.05, 0) is 51.8 Å². The molecule has 0 aromatic heterocycles. The summed E-state index contributed by atoms with van der Waals surface area (Å²) in [5.41, 5.74) is 0.805. The molecule has 20 heavy (non-hydrogen) atoms. The molecule has 0 amide bonds. The molecule has 0 spiro atoms. The molecule has 1 unspecified atom stereocenters. The third-order valence-electron chi connectivity index (χ3n) is 3.01. The number of benzene rings is 1. The summed E-state index contributed by atoms with van der Waals surface area (Å²) in [6.45, 7) is 1.76. The van der Waals surface area contributed by atoms with Gasteiger partial charge in [0.2, 0.25) is 0 Å². The average molecular weight is 277 g/mol. The lowest BCUT2D eigenvalue weighted by Gasteiger charge is -2.17. The molecule has 5 heteroatoms. The summed E-state index contributed by atoms with van der Waals surface area (Å²) >= 11 is 0. The Morgan fingerprint density at radius 1 is 1.30 bits per heavy atom. The molecule has 0 saturated heterocycles. The maximum atomic E-state index is 9.35. The van der Waals surface area contributed by atoms with E-state index in [2.05, 4.69) is 16.3 Å². The topological polar surface area (TPSA) is 57.5 Å². The van der Waals surface area contributed by atoms with Crippen molar-refractivity contribution >= 4 is 0 Å². The van der Waals surface area contributed by atoms with Crippen LogP contribution in [-0.4, -0.2) is 46.3 Å². The van der Waals surface area contributed by atoms with E-state index in [4.69, 9.17) is 9.47 Å². The molecular formula is C15H23N3O2. The highest BCUT2D eigenvalue weighted by atomic mass is 16.5. The molecule has 1 rings (SSSR count). The van der Waals surface area contributed by atoms with Gasteiger partial charge < -0.3 is 14.4 Å². The second-order valence-electron chi connectivity index (χ2n) is 4.78. The van der Waals surface area contributed by atoms with Crippen molar-refractivity contribution in [3.05, 3.63) is 23.8 Å². The van der Waals surface area contributed by atoms with Crippen LogP contribution in [0.5, 0.6) is 11.5 Å². The predicted octanol–water partition coefficient (Wildman–Crippen LogP) is 1.81. The Morgan fingerprint density at radius 3 is 2.60 bits per heavy atom. The lowest BCUT2D eigenvalue weighted by Crippen LogP contribution is -2.25. The van der Waals surface area contributed by atoms with Crippen LogP contribution in [0.2, 0.25) is 0 Å². The Kier molecular flexibility index (Phi) is 6.85. The second-order valence-corrected chi connectivity index (χ2v) is 4.78. The predicted molar refractivity (Wildman–Crippen MR) is 79.1 cm³/mol. The molecule has 0 fully saturated rings. The van der Waals surface area contributed by atoms with Crippen molar-refractivity contribution < 1.29 is 9.47 Å². The molecule has 1 atom stereocenters. The van der Waals surface area contributed by atoms with Gasteiger partial charge in [0, 0.05) is 5.56 Å². The van der Waals surface area contributed by atoms with Gasteiger partial charge in [-0.15, -0.1) is 0 Å². The first kappa shape index (κ1) is 16.3. The largest absolute Gasteiger partial charge is 0.497 e. The van der Waals surface area contributed by atoms with Crippen molar-refractivity contribution in [3.63, 3.8) is 0 Å². The van der Waals surface area contributed by atoms with Crippen molar-refractivity contribution in [3.8, 4) is 17.6 Å². The summed E-state index contributed by atoms with van der Waals surface area (Å²) in [4.78, 5) is 2.12. The normalized spacial score (nSPS) is 12.0. The SMILES string of the molecule is COc1ccc(OC)c(C(C#N)NCCCN(C)C)c1. The minimum Gasteiger partial charge on any atom is -0.497 e. The Labute approximate surface area is 121 Å². The van der Waals surface area contributed by atoms with E-state index in [9.17, 15) is 5.26 Å². The summed E-state index contributed by atoms with van der Waals surface area (Å²) in [7, 11) is 7.28. The van der Waals surface area contributed by atoms with Gasteiger partial charge in [0.25, 0.3) is 0 Å². The van der Waals surface area contributed by atoms with Crippen LogP contribution in [0.4, 0.5) is 0 Å². The molecule has 0 aliphatic heterocycles. The lowest BCUT2D eigenvalue weighted by atomic mass is 10.1. The minimum atomic E-state index is -0.401. The number of nitrogens with zero attached hydrogens (tertiary/aromatic N) is 2. The van der Waals surface area contributed by atoms with Crippen LogP contribution in [0, 0.1) is 11.3 Å². The molecule has 0 saturated carbocycles. The van der Waals surface area contributed by atoms with Gasteiger partial charge in [-0.2, -0.15) is 5.26 Å². The van der Waals surface area contributed by atoms with Crippen LogP contribution < -0.4 is 14.8 Å². The molecule has 1 aromatic carbocycles. The first-order valence-electron chi connectivity index (χ1n) is 6.62. The quantitative estimate of drug-likeness (QED) is 0.734. The Bertz CT molecular complexity index is 455. The number of nitriles is 1. The van der Waals surface area contributed by atoms with E-state index >= 15 is 0 Å². The van der Waals surface area contributed by atoms with Crippen LogP contribution in [-0.2, 0) is 0 Å². The molecule has 5 nitrogen and oxygen atoms in total. The molecule has 0 heterocycles. The van der Waals surface area contributed by atoms with E-state index in [0.717, 1.165) is 30.8 Å². The highest BCUT2D eigenvalue weighted by Crippen LogP contribution is 2.29. The summed E-state index contributed by atoms with van der Waals surface area (Å²) in [5.74, 6) is 1.41. The van der Waals surface area contributed by atoms with E-state index in [1.165, 1.54) is 0 Å². The Hall–Kier alpha value is -1.77. The molecular weight excluding hydrogens is 254 g/mol. The van der Waals surface area contributed by atoms with Crippen molar-refractivity contribution in [2.45, 2.75) is 12.5 Å². The molecule has 0 aliphatic rings. The average Bonchev–Trinajstić information content (AvgIpc) is 2.46. The van der Waals surface area contributed by atoms with Gasteiger partial charge in [0.1, 0.15) is 17.5 Å². The van der Waals surface area contributed by atoms with E-state index in [-0.39, 0.29) is 0 Å². The summed E-state index contributed by atoms with van der Waals surface area (Å²) in [6.07, 6.45) is 0.984. The fraction of sp³-hybridized carbons (Fsp3) is 0.533. The van der Waals surface area contributed by atoms with Crippen LogP contribution >= 0.6 is 0 Å². The number of methoxy groups -OCH3 is 2. The zero-order chi connectivity index (χ0) is 15.0. The van der Waals surface area contributed by atoms with Crippen molar-refractivity contribution in [1.29, 1.82) is 5.26 Å². The van der Waals surface area contributed by atoms with Crippen LogP contribution in [0.15, 0.2) is 18.2 Å². The molecule has 0 bridgehead atoms. The fourth-order valence-electron chi connectivity index (χ4n) is 1.93. The van der Waals surface area contributed by atoms with Crippen molar-refractivity contribution in [2.75, 3.05) is 41.4 Å². The molecule has 1 aromatic rings. The van der Waals surface area contributed by atoms with Gasteiger partial charge in [-0.25, -0.2) is 0 Å². The van der Waals surface area contributed by atoms with Gasteiger partial charge >= 0.3 is 0 Å². The van der Waals surface area contributed by atoms with E-state index < -0.39 is 6.04 Å². The summed E-state index contributed by atoms with van der Waals surface area (Å²) in [5, 5.41) is 12.6. The van der Waals surface area contributed by atoms with Gasteiger partial charge in [0.15, 0.2) is 0 Å². The lowest BCUT2D eigenvalue weighted by molar-refractivity contribution is 0.384. The maximum absolute atomic E-state index is 9.35. The highest BCUT2D eigenvalue weighted by Gasteiger charge is 2.16. The number of nitrogens with one attached hydrogen (secondary N) is 1. The monoisotopic (exact) mass is 277 g/mol. The van der Waals surface area contributed by atoms with Gasteiger partial charge in [-0.1, -0.05) is 0 Å². The number of hydrogen-bond donors (Lipinski definition) is 1. The molecule has 110 valence electrons. The van der Waals surface area contributed by atoms with Crippen molar-refractivity contribution in [2.24, 2.45) is 0 Å². The second kappa shape index (κ2) is 8.41. The van der Waals surface area contributed by atoms with Crippen molar-refractivity contribution in [1.82, 2.24) is 10.2 Å². The third-order valence-corrected chi connectivity index (χ3v) is 3.01. The maximum Gasteiger partial charge on any atom is 0.125 e. The van der Waals surface area contributed by atoms with Crippen LogP contribution in [0.25, 0.3) is 0 Å². The number of hydrogen-bond acceptors (Lipinski definition) is 5. The number of ether oxygens (including phenoxy) is 2. The van der Waals surface area contributed by atoms with E-state index in [1.54, 1.807) is 14.2 Å².